The lowest BCUT2D eigenvalue weighted by molar-refractivity contribution is -0.147. The summed E-state index contributed by atoms with van der Waals surface area (Å²) in [4.78, 5) is 14.9. The highest BCUT2D eigenvalue weighted by molar-refractivity contribution is 5.84. The molecule has 3 nitrogen and oxygen atoms in total. The van der Waals surface area contributed by atoms with Crippen molar-refractivity contribution in [2.75, 3.05) is 13.1 Å². The van der Waals surface area contributed by atoms with Crippen molar-refractivity contribution in [3.05, 3.63) is 35.9 Å². The van der Waals surface area contributed by atoms with Gasteiger partial charge in [-0.15, -0.1) is 0 Å². The first-order valence-corrected chi connectivity index (χ1v) is 7.33. The fraction of sp³-hybridized carbons (Fsp3) is 0.562. The van der Waals surface area contributed by atoms with Crippen molar-refractivity contribution in [1.82, 2.24) is 4.90 Å². The molecular weight excluding hydrogens is 236 g/mol. The molecule has 1 aromatic carbocycles. The van der Waals surface area contributed by atoms with Gasteiger partial charge in [0.25, 0.3) is 0 Å². The summed E-state index contributed by atoms with van der Waals surface area (Å²) in [6, 6.07) is 10.7. The van der Waals surface area contributed by atoms with Gasteiger partial charge in [-0.05, 0) is 31.2 Å². The standard InChI is InChI=1S/C16H22N2O/c17-12-16(9-5-10-16)15(19)18-11-4-8-14(18)13-6-2-1-3-7-13/h1-3,6-7,14H,4-5,8-12,17H2. The number of amides is 1. The minimum atomic E-state index is -0.239. The van der Waals surface area contributed by atoms with Gasteiger partial charge in [0, 0.05) is 13.1 Å². The molecule has 1 unspecified atom stereocenters. The number of benzene rings is 1. The molecule has 3 heteroatoms. The Hall–Kier alpha value is -1.35. The molecule has 102 valence electrons. The Bertz CT molecular complexity index is 448. The molecule has 1 atom stereocenters. The molecule has 0 spiro atoms. The van der Waals surface area contributed by atoms with Crippen molar-refractivity contribution in [1.29, 1.82) is 0 Å². The number of likely N-dealkylation sites (tertiary alicyclic amines) is 1. The molecular formula is C16H22N2O. The van der Waals surface area contributed by atoms with Gasteiger partial charge in [-0.2, -0.15) is 0 Å². The second kappa shape index (κ2) is 4.97. The Morgan fingerprint density at radius 2 is 2.00 bits per heavy atom. The maximum atomic E-state index is 12.8. The number of carbonyl (C=O) groups is 1. The number of hydrogen-bond donors (Lipinski definition) is 1. The van der Waals surface area contributed by atoms with Crippen molar-refractivity contribution in [3.8, 4) is 0 Å². The quantitative estimate of drug-likeness (QED) is 0.905. The van der Waals surface area contributed by atoms with Crippen molar-refractivity contribution in [3.63, 3.8) is 0 Å². The summed E-state index contributed by atoms with van der Waals surface area (Å²) in [6.07, 6.45) is 5.27. The van der Waals surface area contributed by atoms with Crippen LogP contribution in [0.5, 0.6) is 0 Å². The number of nitrogens with two attached hydrogens (primary N) is 1. The van der Waals surface area contributed by atoms with E-state index in [2.05, 4.69) is 29.2 Å². The minimum absolute atomic E-state index is 0.239. The molecule has 0 bridgehead atoms. The van der Waals surface area contributed by atoms with Crippen LogP contribution in [0, 0.1) is 5.41 Å². The number of rotatable bonds is 3. The van der Waals surface area contributed by atoms with Crippen molar-refractivity contribution < 1.29 is 4.79 Å². The SMILES string of the molecule is NCC1(C(=O)N2CCCC2c2ccccc2)CCC1. The molecule has 2 N–H and O–H groups in total. The van der Waals surface area contributed by atoms with Gasteiger partial charge in [0.2, 0.25) is 5.91 Å². The third-order valence-corrected chi connectivity index (χ3v) is 4.85. The number of hydrogen-bond acceptors (Lipinski definition) is 2. The maximum absolute atomic E-state index is 12.8. The average molecular weight is 258 g/mol. The molecule has 1 aliphatic carbocycles. The molecule has 2 aliphatic rings. The predicted octanol–water partition coefficient (Wildman–Crippen LogP) is 2.48. The van der Waals surface area contributed by atoms with Gasteiger partial charge < -0.3 is 10.6 Å². The largest absolute Gasteiger partial charge is 0.335 e. The Kier molecular flexibility index (Phi) is 3.31. The molecule has 0 radical (unpaired) electrons. The molecule has 1 heterocycles. The van der Waals surface area contributed by atoms with Crippen LogP contribution in [0.15, 0.2) is 30.3 Å². The van der Waals surface area contributed by atoms with E-state index in [-0.39, 0.29) is 11.5 Å². The summed E-state index contributed by atoms with van der Waals surface area (Å²) in [5.74, 6) is 0.299. The van der Waals surface area contributed by atoms with E-state index in [1.54, 1.807) is 0 Å². The maximum Gasteiger partial charge on any atom is 0.230 e. The van der Waals surface area contributed by atoms with Crippen molar-refractivity contribution in [2.24, 2.45) is 11.1 Å². The van der Waals surface area contributed by atoms with Gasteiger partial charge in [0.05, 0.1) is 11.5 Å². The molecule has 1 saturated carbocycles. The van der Waals surface area contributed by atoms with E-state index in [1.807, 2.05) is 6.07 Å². The molecule has 2 fully saturated rings. The smallest absolute Gasteiger partial charge is 0.230 e. The Morgan fingerprint density at radius 3 is 2.58 bits per heavy atom. The average Bonchev–Trinajstić information content (AvgIpc) is 2.88. The van der Waals surface area contributed by atoms with E-state index in [0.29, 0.717) is 12.5 Å². The highest BCUT2D eigenvalue weighted by atomic mass is 16.2. The van der Waals surface area contributed by atoms with Crippen LogP contribution in [0.2, 0.25) is 0 Å². The normalized spacial score (nSPS) is 25.1. The Labute approximate surface area is 114 Å². The van der Waals surface area contributed by atoms with E-state index in [9.17, 15) is 4.79 Å². The summed E-state index contributed by atoms with van der Waals surface area (Å²) in [6.45, 7) is 1.39. The van der Waals surface area contributed by atoms with Crippen LogP contribution in [0.1, 0.15) is 43.7 Å². The van der Waals surface area contributed by atoms with Crippen LogP contribution >= 0.6 is 0 Å². The van der Waals surface area contributed by atoms with E-state index in [4.69, 9.17) is 5.73 Å². The zero-order chi connectivity index (χ0) is 13.3. The zero-order valence-corrected chi connectivity index (χ0v) is 11.3. The highest BCUT2D eigenvalue weighted by Gasteiger charge is 2.47. The molecule has 1 aromatic rings. The molecule has 19 heavy (non-hydrogen) atoms. The van der Waals surface area contributed by atoms with E-state index < -0.39 is 0 Å². The predicted molar refractivity (Wildman–Crippen MR) is 75.5 cm³/mol. The lowest BCUT2D eigenvalue weighted by Crippen LogP contribution is -2.51. The van der Waals surface area contributed by atoms with Crippen LogP contribution < -0.4 is 5.73 Å². The van der Waals surface area contributed by atoms with Crippen LogP contribution in [0.3, 0.4) is 0 Å². The highest BCUT2D eigenvalue weighted by Crippen LogP contribution is 2.44. The van der Waals surface area contributed by atoms with Gasteiger partial charge in [-0.3, -0.25) is 4.79 Å². The Morgan fingerprint density at radius 1 is 1.26 bits per heavy atom. The molecule has 0 aromatic heterocycles. The topological polar surface area (TPSA) is 46.3 Å². The number of nitrogens with zero attached hydrogens (tertiary/aromatic N) is 1. The van der Waals surface area contributed by atoms with Crippen LogP contribution in [-0.2, 0) is 4.79 Å². The summed E-state index contributed by atoms with van der Waals surface area (Å²) in [5.41, 5.74) is 6.90. The van der Waals surface area contributed by atoms with Crippen LogP contribution in [-0.4, -0.2) is 23.9 Å². The van der Waals surface area contributed by atoms with Gasteiger partial charge in [-0.1, -0.05) is 36.8 Å². The monoisotopic (exact) mass is 258 g/mol. The first-order valence-electron chi connectivity index (χ1n) is 7.33. The Balaban J connectivity index is 1.82. The van der Waals surface area contributed by atoms with Gasteiger partial charge in [0.1, 0.15) is 0 Å². The first-order chi connectivity index (χ1) is 9.27. The molecule has 1 saturated heterocycles. The fourth-order valence-corrected chi connectivity index (χ4v) is 3.45. The lowest BCUT2D eigenvalue weighted by atomic mass is 9.67. The van der Waals surface area contributed by atoms with E-state index in [1.165, 1.54) is 5.56 Å². The second-order valence-corrected chi connectivity index (χ2v) is 5.91. The van der Waals surface area contributed by atoms with Crippen molar-refractivity contribution >= 4 is 5.91 Å². The van der Waals surface area contributed by atoms with Crippen molar-refractivity contribution in [2.45, 2.75) is 38.1 Å². The third-order valence-electron chi connectivity index (χ3n) is 4.85. The molecule has 1 amide bonds. The van der Waals surface area contributed by atoms with E-state index >= 15 is 0 Å². The fourth-order valence-electron chi connectivity index (χ4n) is 3.45. The lowest BCUT2D eigenvalue weighted by Gasteiger charge is -2.43. The summed E-state index contributed by atoms with van der Waals surface area (Å²) >= 11 is 0. The number of carbonyl (C=O) groups excluding carboxylic acids is 1. The second-order valence-electron chi connectivity index (χ2n) is 5.91. The van der Waals surface area contributed by atoms with Gasteiger partial charge >= 0.3 is 0 Å². The van der Waals surface area contributed by atoms with E-state index in [0.717, 1.165) is 38.6 Å². The first kappa shape index (κ1) is 12.7. The zero-order valence-electron chi connectivity index (χ0n) is 11.3. The van der Waals surface area contributed by atoms with Gasteiger partial charge in [-0.25, -0.2) is 0 Å². The summed E-state index contributed by atoms with van der Waals surface area (Å²) in [7, 11) is 0. The summed E-state index contributed by atoms with van der Waals surface area (Å²) in [5, 5.41) is 0. The summed E-state index contributed by atoms with van der Waals surface area (Å²) < 4.78 is 0. The third kappa shape index (κ3) is 2.06. The molecule has 3 rings (SSSR count). The molecule has 1 aliphatic heterocycles. The minimum Gasteiger partial charge on any atom is -0.335 e. The van der Waals surface area contributed by atoms with Crippen LogP contribution in [0.4, 0.5) is 0 Å². The van der Waals surface area contributed by atoms with Crippen LogP contribution in [0.25, 0.3) is 0 Å². The van der Waals surface area contributed by atoms with Gasteiger partial charge in [0.15, 0.2) is 0 Å².